The summed E-state index contributed by atoms with van der Waals surface area (Å²) >= 11 is 1.50. The van der Waals surface area contributed by atoms with Gasteiger partial charge in [-0.15, -0.1) is 15.3 Å². The number of nitrogens with zero attached hydrogens (tertiary/aromatic N) is 7. The van der Waals surface area contributed by atoms with Crippen LogP contribution in [0.2, 0.25) is 0 Å². The lowest BCUT2D eigenvalue weighted by molar-refractivity contribution is -0.114. The molecule has 0 aliphatic heterocycles. The summed E-state index contributed by atoms with van der Waals surface area (Å²) in [5.74, 6) is 0.588. The maximum Gasteiger partial charge on any atom is 0.221 e. The van der Waals surface area contributed by atoms with Crippen LogP contribution in [-0.2, 0) is 4.79 Å². The van der Waals surface area contributed by atoms with Crippen LogP contribution in [0.15, 0.2) is 66.1 Å². The molecule has 2 aromatic carbocycles. The van der Waals surface area contributed by atoms with E-state index in [1.807, 2.05) is 66.1 Å². The number of rotatable bonds is 6. The highest BCUT2D eigenvalue weighted by Crippen LogP contribution is 2.34. The summed E-state index contributed by atoms with van der Waals surface area (Å²) in [6, 6.07) is 17.2. The summed E-state index contributed by atoms with van der Waals surface area (Å²) in [7, 11) is 0. The van der Waals surface area contributed by atoms with Crippen LogP contribution >= 0.6 is 11.8 Å². The molecular weight excluding hydrogens is 388 g/mol. The predicted molar refractivity (Wildman–Crippen MR) is 109 cm³/mol. The fourth-order valence-corrected chi connectivity index (χ4v) is 3.76. The number of thioether (sulfide) groups is 1. The highest BCUT2D eigenvalue weighted by atomic mass is 32.2. The Morgan fingerprint density at radius 1 is 1.07 bits per heavy atom. The smallest absolute Gasteiger partial charge is 0.221 e. The average Bonchev–Trinajstić information content (AvgIpc) is 3.38. The van der Waals surface area contributed by atoms with Gasteiger partial charge >= 0.3 is 0 Å². The van der Waals surface area contributed by atoms with Crippen LogP contribution in [-0.4, -0.2) is 40.9 Å². The SMILES string of the molecule is CC(=O)Nc1cccc(-n2cnnc2S[C@@H](C)c2nnnn2-c2ccccc2)c1. The first kappa shape index (κ1) is 18.8. The molecule has 1 N–H and O–H groups in total. The van der Waals surface area contributed by atoms with Gasteiger partial charge in [-0.2, -0.15) is 4.68 Å². The molecule has 4 rings (SSSR count). The van der Waals surface area contributed by atoms with Gasteiger partial charge in [0.2, 0.25) is 5.91 Å². The molecule has 0 aliphatic rings. The van der Waals surface area contributed by atoms with Crippen LogP contribution in [0.4, 0.5) is 5.69 Å². The zero-order valence-corrected chi connectivity index (χ0v) is 16.6. The average molecular weight is 406 g/mol. The first-order valence-electron chi connectivity index (χ1n) is 8.90. The third-order valence-corrected chi connectivity index (χ3v) is 5.15. The van der Waals surface area contributed by atoms with Crippen molar-refractivity contribution in [2.75, 3.05) is 5.32 Å². The van der Waals surface area contributed by atoms with E-state index >= 15 is 0 Å². The van der Waals surface area contributed by atoms with Gasteiger partial charge in [0.1, 0.15) is 6.33 Å². The van der Waals surface area contributed by atoms with E-state index in [0.717, 1.165) is 11.4 Å². The Hall–Kier alpha value is -3.53. The standard InChI is InChI=1S/C19H18N8OS/c1-13(18-22-24-25-27(18)16-8-4-3-5-9-16)29-19-23-20-12-26(19)17-10-6-7-15(11-17)21-14(2)28/h3-13H,1-2H3,(H,21,28)/t13-/m0/s1. The van der Waals surface area contributed by atoms with Crippen molar-refractivity contribution in [3.05, 3.63) is 66.7 Å². The Labute approximate surface area is 171 Å². The second-order valence-corrected chi connectivity index (χ2v) is 7.57. The van der Waals surface area contributed by atoms with E-state index < -0.39 is 0 Å². The van der Waals surface area contributed by atoms with Crippen molar-refractivity contribution in [2.45, 2.75) is 24.3 Å². The summed E-state index contributed by atoms with van der Waals surface area (Å²) in [6.07, 6.45) is 1.64. The molecule has 4 aromatic rings. The number of carbonyl (C=O) groups is 1. The van der Waals surface area contributed by atoms with Crippen molar-refractivity contribution in [2.24, 2.45) is 0 Å². The van der Waals surface area contributed by atoms with Crippen LogP contribution in [0.25, 0.3) is 11.4 Å². The fraction of sp³-hybridized carbons (Fsp3) is 0.158. The Kier molecular flexibility index (Phi) is 5.34. The zero-order valence-electron chi connectivity index (χ0n) is 15.8. The van der Waals surface area contributed by atoms with E-state index in [4.69, 9.17) is 0 Å². The highest BCUT2D eigenvalue weighted by molar-refractivity contribution is 7.99. The summed E-state index contributed by atoms with van der Waals surface area (Å²) in [4.78, 5) is 11.3. The summed E-state index contributed by atoms with van der Waals surface area (Å²) in [5.41, 5.74) is 2.45. The molecule has 1 amide bonds. The predicted octanol–water partition coefficient (Wildman–Crippen LogP) is 3.05. The monoisotopic (exact) mass is 406 g/mol. The molecular formula is C19H18N8OS. The number of carbonyl (C=O) groups excluding carboxylic acids is 1. The lowest BCUT2D eigenvalue weighted by atomic mass is 10.2. The lowest BCUT2D eigenvalue weighted by Crippen LogP contribution is -2.07. The van der Waals surface area contributed by atoms with E-state index in [2.05, 4.69) is 31.0 Å². The maximum atomic E-state index is 11.3. The van der Waals surface area contributed by atoms with Gasteiger partial charge in [-0.3, -0.25) is 9.36 Å². The number of tetrazole rings is 1. The number of anilines is 1. The van der Waals surface area contributed by atoms with E-state index in [9.17, 15) is 4.79 Å². The minimum absolute atomic E-state index is 0.0771. The van der Waals surface area contributed by atoms with Crippen LogP contribution in [0.3, 0.4) is 0 Å². The van der Waals surface area contributed by atoms with E-state index in [0.29, 0.717) is 16.7 Å². The molecule has 29 heavy (non-hydrogen) atoms. The van der Waals surface area contributed by atoms with Gasteiger partial charge in [-0.1, -0.05) is 36.0 Å². The minimum atomic E-state index is -0.123. The second kappa shape index (κ2) is 8.23. The second-order valence-electron chi connectivity index (χ2n) is 6.26. The summed E-state index contributed by atoms with van der Waals surface area (Å²) < 4.78 is 3.58. The van der Waals surface area contributed by atoms with Gasteiger partial charge in [0.05, 0.1) is 16.6 Å². The Morgan fingerprint density at radius 3 is 2.66 bits per heavy atom. The van der Waals surface area contributed by atoms with Crippen molar-refractivity contribution >= 4 is 23.4 Å². The Morgan fingerprint density at radius 2 is 1.86 bits per heavy atom. The number of hydrogen-bond donors (Lipinski definition) is 1. The molecule has 1 atom stereocenters. The molecule has 0 saturated heterocycles. The number of amides is 1. The highest BCUT2D eigenvalue weighted by Gasteiger charge is 2.20. The molecule has 0 unspecified atom stereocenters. The van der Waals surface area contributed by atoms with Crippen molar-refractivity contribution in [1.29, 1.82) is 0 Å². The van der Waals surface area contributed by atoms with E-state index in [1.165, 1.54) is 18.7 Å². The molecule has 2 aromatic heterocycles. The van der Waals surface area contributed by atoms with Gasteiger partial charge in [0.25, 0.3) is 0 Å². The Balaban J connectivity index is 1.59. The number of para-hydroxylation sites is 1. The quantitative estimate of drug-likeness (QED) is 0.491. The van der Waals surface area contributed by atoms with Crippen LogP contribution in [0.1, 0.15) is 24.9 Å². The molecule has 0 bridgehead atoms. The number of benzene rings is 2. The number of aromatic nitrogens is 7. The van der Waals surface area contributed by atoms with Crippen LogP contribution < -0.4 is 5.32 Å². The van der Waals surface area contributed by atoms with Crippen LogP contribution in [0.5, 0.6) is 0 Å². The van der Waals surface area contributed by atoms with Gasteiger partial charge < -0.3 is 5.32 Å². The number of hydrogen-bond acceptors (Lipinski definition) is 7. The van der Waals surface area contributed by atoms with Gasteiger partial charge in [-0.05, 0) is 47.7 Å². The summed E-state index contributed by atoms with van der Waals surface area (Å²) in [5, 5.41) is 23.8. The van der Waals surface area contributed by atoms with Gasteiger partial charge in [0.15, 0.2) is 11.0 Å². The third-order valence-electron chi connectivity index (χ3n) is 4.10. The normalized spacial score (nSPS) is 11.9. The first-order chi connectivity index (χ1) is 14.1. The maximum absolute atomic E-state index is 11.3. The largest absolute Gasteiger partial charge is 0.326 e. The van der Waals surface area contributed by atoms with Crippen molar-refractivity contribution in [1.82, 2.24) is 35.0 Å². The molecule has 0 aliphatic carbocycles. The molecule has 10 heteroatoms. The topological polar surface area (TPSA) is 103 Å². The molecule has 0 spiro atoms. The molecule has 0 saturated carbocycles. The van der Waals surface area contributed by atoms with E-state index in [1.54, 1.807) is 11.0 Å². The molecule has 0 radical (unpaired) electrons. The van der Waals surface area contributed by atoms with Crippen molar-refractivity contribution < 1.29 is 4.79 Å². The van der Waals surface area contributed by atoms with Crippen molar-refractivity contribution in [3.8, 4) is 11.4 Å². The van der Waals surface area contributed by atoms with Crippen molar-refractivity contribution in [3.63, 3.8) is 0 Å². The third kappa shape index (κ3) is 4.16. The molecule has 146 valence electrons. The van der Waals surface area contributed by atoms with Gasteiger partial charge in [-0.25, -0.2) is 0 Å². The molecule has 2 heterocycles. The Bertz CT molecular complexity index is 1120. The fourth-order valence-electron chi connectivity index (χ4n) is 2.83. The zero-order chi connectivity index (χ0) is 20.2. The molecule has 0 fully saturated rings. The lowest BCUT2D eigenvalue weighted by Gasteiger charge is -2.12. The first-order valence-corrected chi connectivity index (χ1v) is 9.78. The number of nitrogens with one attached hydrogen (secondary N) is 1. The minimum Gasteiger partial charge on any atom is -0.326 e. The summed E-state index contributed by atoms with van der Waals surface area (Å²) in [6.45, 7) is 3.49. The van der Waals surface area contributed by atoms with Gasteiger partial charge in [0, 0.05) is 12.6 Å². The molecule has 9 nitrogen and oxygen atoms in total. The van der Waals surface area contributed by atoms with E-state index in [-0.39, 0.29) is 11.2 Å². The van der Waals surface area contributed by atoms with Crippen LogP contribution in [0, 0.1) is 0 Å².